The molecule has 1 amide bonds. The molecule has 1 aliphatic rings. The molecule has 0 radical (unpaired) electrons. The number of aromatic nitrogens is 2. The Balaban J connectivity index is 2.01. The number of rotatable bonds is 4. The molecule has 3 atom stereocenters. The van der Waals surface area contributed by atoms with E-state index in [0.29, 0.717) is 4.90 Å². The largest absolute Gasteiger partial charge is 0.408 e. The summed E-state index contributed by atoms with van der Waals surface area (Å²) in [5, 5.41) is 0. The Morgan fingerprint density at radius 1 is 1.33 bits per heavy atom. The van der Waals surface area contributed by atoms with Gasteiger partial charge in [0.25, 0.3) is 0 Å². The quantitative estimate of drug-likeness (QED) is 0.747. The van der Waals surface area contributed by atoms with E-state index in [1.807, 2.05) is 0 Å². The first-order valence-electron chi connectivity index (χ1n) is 9.22. The predicted molar refractivity (Wildman–Crippen MR) is 97.6 cm³/mol. The summed E-state index contributed by atoms with van der Waals surface area (Å²) >= 11 is 0. The Morgan fingerprint density at radius 2 is 1.97 bits per heavy atom. The van der Waals surface area contributed by atoms with E-state index in [0.717, 1.165) is 26.1 Å². The van der Waals surface area contributed by atoms with Gasteiger partial charge in [-0.3, -0.25) is 4.79 Å². The highest BCUT2D eigenvalue weighted by atomic mass is 19.4. The predicted octanol–water partition coefficient (Wildman–Crippen LogP) is 2.60. The van der Waals surface area contributed by atoms with Crippen LogP contribution in [0.2, 0.25) is 0 Å². The van der Waals surface area contributed by atoms with Gasteiger partial charge in [-0.1, -0.05) is 0 Å². The molecule has 0 bridgehead atoms. The smallest absolute Gasteiger partial charge is 0.340 e. The molecular weight excluding hydrogens is 416 g/mol. The van der Waals surface area contributed by atoms with Gasteiger partial charge in [-0.2, -0.15) is 13.2 Å². The minimum absolute atomic E-state index is 0.0131. The van der Waals surface area contributed by atoms with Gasteiger partial charge >= 0.3 is 6.18 Å². The first kappa shape index (κ1) is 22.2. The number of amides is 1. The zero-order valence-corrected chi connectivity index (χ0v) is 16.3. The molecule has 1 aromatic carbocycles. The van der Waals surface area contributed by atoms with Crippen molar-refractivity contribution < 1.29 is 31.1 Å². The summed E-state index contributed by atoms with van der Waals surface area (Å²) in [5.41, 5.74) is 5.80. The second kappa shape index (κ2) is 7.97. The maximum absolute atomic E-state index is 13.8. The van der Waals surface area contributed by atoms with Crippen LogP contribution in [0.1, 0.15) is 13.3 Å². The minimum Gasteiger partial charge on any atom is -0.340 e. The number of fused-ring (bicyclic) bond motifs is 1. The number of imidazole rings is 1. The zero-order valence-electron chi connectivity index (χ0n) is 16.3. The van der Waals surface area contributed by atoms with Gasteiger partial charge in [0, 0.05) is 32.3 Å². The molecule has 2 aromatic rings. The van der Waals surface area contributed by atoms with Crippen LogP contribution >= 0.6 is 0 Å². The molecule has 1 aromatic heterocycles. The molecule has 30 heavy (non-hydrogen) atoms. The Labute approximate surface area is 168 Å². The van der Waals surface area contributed by atoms with Crippen LogP contribution in [0.25, 0.3) is 11.0 Å². The molecule has 3 rings (SSSR count). The molecule has 0 spiro atoms. The lowest BCUT2D eigenvalue weighted by Crippen LogP contribution is -2.50. The van der Waals surface area contributed by atoms with E-state index in [2.05, 4.69) is 4.98 Å². The lowest BCUT2D eigenvalue weighted by molar-refractivity contribution is -0.182. The highest BCUT2D eigenvalue weighted by Crippen LogP contribution is 2.29. The lowest BCUT2D eigenvalue weighted by atomic mass is 10.1. The van der Waals surface area contributed by atoms with Crippen LogP contribution in [0.4, 0.5) is 32.3 Å². The molecule has 6 nitrogen and oxygen atoms in total. The van der Waals surface area contributed by atoms with Gasteiger partial charge in [0.1, 0.15) is 18.8 Å². The van der Waals surface area contributed by atoms with Crippen LogP contribution in [0, 0.1) is 11.6 Å². The van der Waals surface area contributed by atoms with E-state index >= 15 is 0 Å². The fraction of sp³-hybridized carbons (Fsp3) is 0.556. The van der Waals surface area contributed by atoms with E-state index in [4.69, 9.17) is 5.73 Å². The van der Waals surface area contributed by atoms with Crippen molar-refractivity contribution in [1.82, 2.24) is 14.5 Å². The highest BCUT2D eigenvalue weighted by Gasteiger charge is 2.40. The molecule has 12 heteroatoms. The Hall–Kier alpha value is -2.50. The van der Waals surface area contributed by atoms with Crippen LogP contribution in [0.3, 0.4) is 0 Å². The Kier molecular flexibility index (Phi) is 5.89. The SMILES string of the molecule is CC(N(C)C(=O)Cn1c(N2CC[C@@H](F)[C@H](N)C2)nc2cc(F)c(F)cc21)C(F)(F)F. The van der Waals surface area contributed by atoms with Crippen molar-refractivity contribution in [1.29, 1.82) is 0 Å². The van der Waals surface area contributed by atoms with Crippen molar-refractivity contribution in [3.8, 4) is 0 Å². The number of hydrogen-bond donors (Lipinski definition) is 1. The van der Waals surface area contributed by atoms with Gasteiger partial charge < -0.3 is 20.1 Å². The highest BCUT2D eigenvalue weighted by molar-refractivity contribution is 5.83. The number of carbonyl (C=O) groups excluding carboxylic acids is 1. The number of nitrogens with two attached hydrogens (primary N) is 1. The maximum Gasteiger partial charge on any atom is 0.408 e. The third-order valence-corrected chi connectivity index (χ3v) is 5.36. The van der Waals surface area contributed by atoms with Gasteiger partial charge in [0.05, 0.1) is 17.1 Å². The minimum atomic E-state index is -4.63. The van der Waals surface area contributed by atoms with Crippen LogP contribution in [0.15, 0.2) is 12.1 Å². The van der Waals surface area contributed by atoms with E-state index in [1.54, 1.807) is 4.90 Å². The molecule has 166 valence electrons. The van der Waals surface area contributed by atoms with Crippen LogP contribution in [-0.2, 0) is 11.3 Å². The number of piperidine rings is 1. The van der Waals surface area contributed by atoms with Crippen LogP contribution < -0.4 is 10.6 Å². The molecule has 0 saturated carbocycles. The summed E-state index contributed by atoms with van der Waals surface area (Å²) in [7, 11) is 1.00. The van der Waals surface area contributed by atoms with Crippen molar-refractivity contribution in [2.75, 3.05) is 25.0 Å². The molecule has 1 aliphatic heterocycles. The third-order valence-electron chi connectivity index (χ3n) is 5.36. The van der Waals surface area contributed by atoms with Crippen molar-refractivity contribution in [3.05, 3.63) is 23.8 Å². The van der Waals surface area contributed by atoms with Gasteiger partial charge in [-0.05, 0) is 13.3 Å². The van der Waals surface area contributed by atoms with Gasteiger partial charge in [-0.15, -0.1) is 0 Å². The topological polar surface area (TPSA) is 67.4 Å². The van der Waals surface area contributed by atoms with E-state index < -0.39 is 48.5 Å². The number of anilines is 1. The second-order valence-corrected chi connectivity index (χ2v) is 7.39. The summed E-state index contributed by atoms with van der Waals surface area (Å²) in [5.74, 6) is -3.18. The number of benzene rings is 1. The lowest BCUT2D eigenvalue weighted by Gasteiger charge is -2.34. The van der Waals surface area contributed by atoms with Crippen molar-refractivity contribution in [3.63, 3.8) is 0 Å². The molecule has 2 heterocycles. The number of nitrogens with zero attached hydrogens (tertiary/aromatic N) is 4. The summed E-state index contributed by atoms with van der Waals surface area (Å²) < 4.78 is 81.4. The molecule has 1 fully saturated rings. The van der Waals surface area contributed by atoms with E-state index in [1.165, 1.54) is 4.57 Å². The Morgan fingerprint density at radius 3 is 2.57 bits per heavy atom. The third kappa shape index (κ3) is 4.18. The summed E-state index contributed by atoms with van der Waals surface area (Å²) in [6.07, 6.45) is -5.80. The monoisotopic (exact) mass is 437 g/mol. The van der Waals surface area contributed by atoms with Gasteiger partial charge in [0.2, 0.25) is 11.9 Å². The number of alkyl halides is 4. The molecule has 0 aliphatic carbocycles. The maximum atomic E-state index is 13.8. The number of likely N-dealkylation sites (N-methyl/N-ethyl adjacent to an activating group) is 1. The first-order valence-corrected chi connectivity index (χ1v) is 9.22. The summed E-state index contributed by atoms with van der Waals surface area (Å²) in [4.78, 5) is 18.8. The molecule has 1 saturated heterocycles. The normalized spacial score (nSPS) is 21.2. The molecule has 1 unspecified atom stereocenters. The fourth-order valence-corrected chi connectivity index (χ4v) is 3.32. The van der Waals surface area contributed by atoms with Crippen molar-refractivity contribution >= 4 is 22.9 Å². The Bertz CT molecular complexity index is 945. The van der Waals surface area contributed by atoms with Gasteiger partial charge in [-0.25, -0.2) is 18.2 Å². The molecular formula is C18H21F6N5O. The van der Waals surface area contributed by atoms with Crippen molar-refractivity contribution in [2.45, 2.75) is 44.3 Å². The van der Waals surface area contributed by atoms with Crippen LogP contribution in [-0.4, -0.2) is 64.9 Å². The fourth-order valence-electron chi connectivity index (χ4n) is 3.32. The average molecular weight is 437 g/mol. The number of hydrogen-bond acceptors (Lipinski definition) is 4. The first-order chi connectivity index (χ1) is 13.9. The zero-order chi connectivity index (χ0) is 22.4. The number of halogens is 6. The van der Waals surface area contributed by atoms with Gasteiger partial charge in [0.15, 0.2) is 11.6 Å². The average Bonchev–Trinajstić information content (AvgIpc) is 2.99. The van der Waals surface area contributed by atoms with E-state index in [-0.39, 0.29) is 36.5 Å². The van der Waals surface area contributed by atoms with E-state index in [9.17, 15) is 31.1 Å². The number of carbonyl (C=O) groups is 1. The second-order valence-electron chi connectivity index (χ2n) is 7.39. The molecule has 2 N–H and O–H groups in total. The summed E-state index contributed by atoms with van der Waals surface area (Å²) in [6.45, 7) is 0.439. The van der Waals surface area contributed by atoms with Crippen molar-refractivity contribution in [2.24, 2.45) is 5.73 Å². The standard InChI is InChI=1S/C18H21F6N5O/c1-9(18(22,23)24)27(2)16(30)8-29-15-6-12(21)11(20)5-14(15)26-17(29)28-4-3-10(19)13(25)7-28/h5-6,9-10,13H,3-4,7-8,25H2,1-2H3/t9?,10-,13-/m1/s1. The summed E-state index contributed by atoms with van der Waals surface area (Å²) in [6, 6.07) is -1.24. The van der Waals surface area contributed by atoms with Crippen LogP contribution in [0.5, 0.6) is 0 Å².